The van der Waals surface area contributed by atoms with Gasteiger partial charge in [-0.2, -0.15) is 13.2 Å². The Kier molecular flexibility index (Phi) is 4.06. The molecule has 0 heterocycles. The zero-order chi connectivity index (χ0) is 11.6. The highest BCUT2D eigenvalue weighted by Crippen LogP contribution is 2.42. The summed E-state index contributed by atoms with van der Waals surface area (Å²) in [7, 11) is 0. The van der Waals surface area contributed by atoms with E-state index in [2.05, 4.69) is 31.9 Å². The Balaban J connectivity index is 3.33. The summed E-state index contributed by atoms with van der Waals surface area (Å²) < 4.78 is 43.4. The predicted molar refractivity (Wildman–Crippen MR) is 58.0 cm³/mol. The number of alkyl halides is 3. The molecular formula is C9H7Br2F3O. The summed E-state index contributed by atoms with van der Waals surface area (Å²) >= 11 is 6.04. The molecule has 0 aromatic heterocycles. The molecule has 84 valence electrons. The number of benzene rings is 1. The molecule has 6 heteroatoms. The maximum absolute atomic E-state index is 12.6. The molecule has 0 fully saturated rings. The van der Waals surface area contributed by atoms with E-state index in [4.69, 9.17) is 4.74 Å². The monoisotopic (exact) mass is 346 g/mol. The molecule has 1 aromatic rings. The summed E-state index contributed by atoms with van der Waals surface area (Å²) in [6.07, 6.45) is -4.42. The molecule has 0 aliphatic rings. The van der Waals surface area contributed by atoms with Crippen molar-refractivity contribution in [1.82, 2.24) is 0 Å². The van der Waals surface area contributed by atoms with Crippen molar-refractivity contribution in [1.29, 1.82) is 0 Å². The van der Waals surface area contributed by atoms with Crippen molar-refractivity contribution < 1.29 is 17.9 Å². The molecule has 0 aliphatic carbocycles. The summed E-state index contributed by atoms with van der Waals surface area (Å²) in [6.45, 7) is 1.82. The average Bonchev–Trinajstić information content (AvgIpc) is 2.07. The van der Waals surface area contributed by atoms with Crippen LogP contribution in [0.1, 0.15) is 12.5 Å². The van der Waals surface area contributed by atoms with Gasteiger partial charge in [0, 0.05) is 4.47 Å². The third kappa shape index (κ3) is 3.11. The van der Waals surface area contributed by atoms with E-state index in [0.717, 1.165) is 6.07 Å². The second-order valence-electron chi connectivity index (χ2n) is 2.70. The lowest BCUT2D eigenvalue weighted by Crippen LogP contribution is -2.09. The van der Waals surface area contributed by atoms with Crippen molar-refractivity contribution in [3.8, 4) is 5.75 Å². The quantitative estimate of drug-likeness (QED) is 0.758. The van der Waals surface area contributed by atoms with E-state index in [-0.39, 0.29) is 16.8 Å². The lowest BCUT2D eigenvalue weighted by atomic mass is 10.2. The van der Waals surface area contributed by atoms with Crippen molar-refractivity contribution >= 4 is 31.9 Å². The highest BCUT2D eigenvalue weighted by molar-refractivity contribution is 9.11. The zero-order valence-corrected chi connectivity index (χ0v) is 10.8. The van der Waals surface area contributed by atoms with Gasteiger partial charge in [0.05, 0.1) is 16.6 Å². The fourth-order valence-corrected chi connectivity index (χ4v) is 2.40. The van der Waals surface area contributed by atoms with Gasteiger partial charge in [0.25, 0.3) is 0 Å². The minimum absolute atomic E-state index is 0.173. The summed E-state index contributed by atoms with van der Waals surface area (Å²) in [5, 5.41) is 0. The van der Waals surface area contributed by atoms with Crippen molar-refractivity contribution in [2.45, 2.75) is 13.1 Å². The Morgan fingerprint density at radius 1 is 1.27 bits per heavy atom. The van der Waals surface area contributed by atoms with E-state index in [9.17, 15) is 13.2 Å². The van der Waals surface area contributed by atoms with E-state index < -0.39 is 11.7 Å². The molecule has 1 rings (SSSR count). The Bertz CT molecular complexity index is 363. The van der Waals surface area contributed by atoms with Crippen molar-refractivity contribution in [2.75, 3.05) is 6.61 Å². The first-order valence-electron chi connectivity index (χ1n) is 4.05. The van der Waals surface area contributed by atoms with Gasteiger partial charge in [0.1, 0.15) is 5.75 Å². The summed E-state index contributed by atoms with van der Waals surface area (Å²) in [5.41, 5.74) is -0.786. The average molecular weight is 348 g/mol. The van der Waals surface area contributed by atoms with Crippen LogP contribution in [0.5, 0.6) is 5.75 Å². The van der Waals surface area contributed by atoms with E-state index in [0.29, 0.717) is 4.47 Å². The van der Waals surface area contributed by atoms with E-state index in [1.165, 1.54) is 6.07 Å². The van der Waals surface area contributed by atoms with Gasteiger partial charge in [0.15, 0.2) is 0 Å². The van der Waals surface area contributed by atoms with Gasteiger partial charge in [-0.3, -0.25) is 0 Å². The standard InChI is InChI=1S/C9H7Br2F3O/c1-2-15-8-6(9(12,13)14)3-5(10)4-7(8)11/h3-4H,2H2,1H3. The van der Waals surface area contributed by atoms with Crippen LogP contribution in [0.2, 0.25) is 0 Å². The molecule has 0 radical (unpaired) electrons. The zero-order valence-electron chi connectivity index (χ0n) is 7.66. The van der Waals surface area contributed by atoms with Crippen LogP contribution in [0.4, 0.5) is 13.2 Å². The van der Waals surface area contributed by atoms with E-state index in [1.807, 2.05) is 0 Å². The number of hydrogen-bond acceptors (Lipinski definition) is 1. The molecule has 0 aliphatic heterocycles. The van der Waals surface area contributed by atoms with Gasteiger partial charge >= 0.3 is 6.18 Å². The molecule has 15 heavy (non-hydrogen) atoms. The Morgan fingerprint density at radius 3 is 2.33 bits per heavy atom. The molecule has 0 N–H and O–H groups in total. The molecular weight excluding hydrogens is 341 g/mol. The highest BCUT2D eigenvalue weighted by atomic mass is 79.9. The summed E-state index contributed by atoms with van der Waals surface area (Å²) in [6, 6.07) is 2.51. The van der Waals surface area contributed by atoms with Crippen LogP contribution in [0.15, 0.2) is 21.1 Å². The van der Waals surface area contributed by atoms with E-state index in [1.54, 1.807) is 6.92 Å². The summed E-state index contributed by atoms with van der Waals surface area (Å²) in [5.74, 6) is -0.173. The molecule has 0 amide bonds. The van der Waals surface area contributed by atoms with Gasteiger partial charge in [-0.05, 0) is 35.0 Å². The van der Waals surface area contributed by atoms with Gasteiger partial charge in [-0.1, -0.05) is 15.9 Å². The van der Waals surface area contributed by atoms with Crippen molar-refractivity contribution in [3.05, 3.63) is 26.6 Å². The maximum Gasteiger partial charge on any atom is 0.420 e. The topological polar surface area (TPSA) is 9.23 Å². The smallest absolute Gasteiger partial charge is 0.420 e. The molecule has 0 atom stereocenters. The van der Waals surface area contributed by atoms with E-state index >= 15 is 0 Å². The third-order valence-electron chi connectivity index (χ3n) is 1.60. The van der Waals surface area contributed by atoms with Gasteiger partial charge in [-0.15, -0.1) is 0 Å². The Hall–Kier alpha value is -0.230. The molecule has 1 nitrogen and oxygen atoms in total. The Morgan fingerprint density at radius 2 is 1.87 bits per heavy atom. The second-order valence-corrected chi connectivity index (χ2v) is 4.47. The fourth-order valence-electron chi connectivity index (χ4n) is 1.06. The minimum atomic E-state index is -4.42. The predicted octanol–water partition coefficient (Wildman–Crippen LogP) is 4.63. The molecule has 1 aromatic carbocycles. The second kappa shape index (κ2) is 4.74. The van der Waals surface area contributed by atoms with Crippen LogP contribution in [-0.2, 0) is 6.18 Å². The lowest BCUT2D eigenvalue weighted by molar-refractivity contribution is -0.139. The maximum atomic E-state index is 12.6. The van der Waals surface area contributed by atoms with Gasteiger partial charge in [-0.25, -0.2) is 0 Å². The van der Waals surface area contributed by atoms with Crippen molar-refractivity contribution in [2.24, 2.45) is 0 Å². The van der Waals surface area contributed by atoms with Crippen LogP contribution in [0.25, 0.3) is 0 Å². The van der Waals surface area contributed by atoms with Crippen LogP contribution < -0.4 is 4.74 Å². The van der Waals surface area contributed by atoms with Crippen LogP contribution in [0, 0.1) is 0 Å². The van der Waals surface area contributed by atoms with Crippen LogP contribution in [0.3, 0.4) is 0 Å². The molecule has 0 unspecified atom stereocenters. The first-order chi connectivity index (χ1) is 6.86. The summed E-state index contributed by atoms with van der Waals surface area (Å²) in [4.78, 5) is 0. The number of halogens is 5. The molecule has 0 saturated heterocycles. The van der Waals surface area contributed by atoms with Gasteiger partial charge in [0.2, 0.25) is 0 Å². The number of ether oxygens (including phenoxy) is 1. The van der Waals surface area contributed by atoms with Gasteiger partial charge < -0.3 is 4.74 Å². The largest absolute Gasteiger partial charge is 0.492 e. The van der Waals surface area contributed by atoms with Crippen LogP contribution >= 0.6 is 31.9 Å². The number of rotatable bonds is 2. The Labute approximate surface area is 102 Å². The normalized spacial score (nSPS) is 11.6. The molecule has 0 spiro atoms. The first kappa shape index (κ1) is 12.8. The lowest BCUT2D eigenvalue weighted by Gasteiger charge is -2.15. The molecule has 0 bridgehead atoms. The third-order valence-corrected chi connectivity index (χ3v) is 2.65. The number of hydrogen-bond donors (Lipinski definition) is 0. The SMILES string of the molecule is CCOc1c(Br)cc(Br)cc1C(F)(F)F. The highest BCUT2D eigenvalue weighted by Gasteiger charge is 2.35. The fraction of sp³-hybridized carbons (Fsp3) is 0.333. The molecule has 0 saturated carbocycles. The first-order valence-corrected chi connectivity index (χ1v) is 5.64. The van der Waals surface area contributed by atoms with Crippen molar-refractivity contribution in [3.63, 3.8) is 0 Å². The minimum Gasteiger partial charge on any atom is -0.492 e. The van der Waals surface area contributed by atoms with Crippen LogP contribution in [-0.4, -0.2) is 6.61 Å².